The molecular weight excluding hydrogens is 681 g/mol. The molecule has 0 saturated carbocycles. The molecule has 56 heavy (non-hydrogen) atoms. The number of anilines is 4. The van der Waals surface area contributed by atoms with Gasteiger partial charge in [-0.2, -0.15) is 4.58 Å². The van der Waals surface area contributed by atoms with Gasteiger partial charge in [0.1, 0.15) is 13.1 Å². The molecule has 4 heteroatoms. The van der Waals surface area contributed by atoms with Gasteiger partial charge in [-0.3, -0.25) is 0 Å². The first-order valence-corrected chi connectivity index (χ1v) is 22.0. The number of nitrogens with zero attached hydrogens (tertiary/aromatic N) is 4. The lowest BCUT2D eigenvalue weighted by Gasteiger charge is -2.25. The molecule has 4 aromatic rings. The smallest absolute Gasteiger partial charge is 0.212 e. The van der Waals surface area contributed by atoms with Crippen molar-refractivity contribution >= 4 is 45.5 Å². The highest BCUT2D eigenvalue weighted by molar-refractivity contribution is 6.18. The first kappa shape index (κ1) is 42.4. The molecule has 0 aromatic heterocycles. The summed E-state index contributed by atoms with van der Waals surface area (Å²) in [6, 6.07) is 35.9. The molecule has 4 aromatic carbocycles. The van der Waals surface area contributed by atoms with Crippen LogP contribution < -0.4 is 14.4 Å². The number of rotatable bonds is 22. The van der Waals surface area contributed by atoms with Gasteiger partial charge in [-0.05, 0) is 89.1 Å². The zero-order valence-electron chi connectivity index (χ0n) is 35.6. The fourth-order valence-corrected chi connectivity index (χ4v) is 7.78. The molecule has 1 aliphatic carbocycles. The minimum atomic E-state index is 0.995. The first-order chi connectivity index (χ1) is 27.4. The second kappa shape index (κ2) is 22.8. The van der Waals surface area contributed by atoms with Gasteiger partial charge in [0.15, 0.2) is 5.71 Å². The van der Waals surface area contributed by atoms with Crippen LogP contribution in [0.1, 0.15) is 116 Å². The van der Waals surface area contributed by atoms with Crippen molar-refractivity contribution in [2.45, 2.75) is 119 Å². The molecule has 0 amide bonds. The van der Waals surface area contributed by atoms with E-state index in [0.29, 0.717) is 0 Å². The van der Waals surface area contributed by atoms with Crippen molar-refractivity contribution in [3.8, 4) is 0 Å². The summed E-state index contributed by atoms with van der Waals surface area (Å²) in [4.78, 5) is 4.76. The van der Waals surface area contributed by atoms with E-state index < -0.39 is 0 Å². The lowest BCUT2D eigenvalue weighted by Crippen LogP contribution is -2.24. The quantitative estimate of drug-likeness (QED) is 0.0451. The average molecular weight is 751 g/mol. The normalized spacial score (nSPS) is 12.3. The Hall–Kier alpha value is -4.70. The van der Waals surface area contributed by atoms with Gasteiger partial charge in [-0.15, -0.1) is 0 Å². The lowest BCUT2D eigenvalue weighted by molar-refractivity contribution is -0.527. The summed E-state index contributed by atoms with van der Waals surface area (Å²) in [5, 5.41) is 0. The minimum absolute atomic E-state index is 0.995. The highest BCUT2D eigenvalue weighted by atomic mass is 15.1. The summed E-state index contributed by atoms with van der Waals surface area (Å²) < 4.78 is 5.07. The summed E-state index contributed by atoms with van der Waals surface area (Å²) in [6.45, 7) is 17.6. The standard InChI is InChI=1S/C52H70N4/c1-7-11-13-15-17-19-41-54(42-20-18-16-14-12-8-2)46-31-35-50(36-32-46)56(49-33-29-45(30-34-49)53(9-3)10-4)52-39-37-51(38-40-52)55(47-25-21-43(5)22-26-47)48-27-23-44(6)24-28-48/h21-40H,7-20,41-42H2,1-6H3/q+2. The topological polar surface area (TPSA) is 12.5 Å². The molecule has 0 fully saturated rings. The Balaban J connectivity index is 1.50. The fourth-order valence-electron chi connectivity index (χ4n) is 7.78. The third kappa shape index (κ3) is 12.1. The van der Waals surface area contributed by atoms with Crippen molar-refractivity contribution in [3.05, 3.63) is 132 Å². The SMILES string of the molecule is CCCCCCCC[N+](CCCCCCCC)=C1C=CC(=[N+](c2ccc(N(CC)CC)cc2)c2ccc(N(c3ccc(C)cc3)c3ccc(C)cc3)cc2)C=C1. The molecule has 0 N–H and O–H groups in total. The highest BCUT2D eigenvalue weighted by Crippen LogP contribution is 2.36. The second-order valence-corrected chi connectivity index (χ2v) is 15.6. The maximum atomic E-state index is 2.66. The van der Waals surface area contributed by atoms with Gasteiger partial charge in [0.25, 0.3) is 0 Å². The van der Waals surface area contributed by atoms with E-state index in [9.17, 15) is 0 Å². The van der Waals surface area contributed by atoms with E-state index in [2.05, 4.69) is 182 Å². The molecule has 0 aliphatic heterocycles. The van der Waals surface area contributed by atoms with Crippen LogP contribution in [0.2, 0.25) is 0 Å². The maximum absolute atomic E-state index is 2.66. The van der Waals surface area contributed by atoms with Gasteiger partial charge in [0.2, 0.25) is 17.1 Å². The van der Waals surface area contributed by atoms with E-state index in [1.165, 1.54) is 105 Å². The molecule has 0 spiro atoms. The monoisotopic (exact) mass is 751 g/mol. The van der Waals surface area contributed by atoms with Crippen LogP contribution in [-0.2, 0) is 0 Å². The Labute approximate surface area is 340 Å². The molecule has 0 heterocycles. The molecule has 0 radical (unpaired) electrons. The Morgan fingerprint density at radius 1 is 0.393 bits per heavy atom. The molecule has 296 valence electrons. The van der Waals surface area contributed by atoms with Gasteiger partial charge in [-0.25, -0.2) is 4.58 Å². The van der Waals surface area contributed by atoms with Crippen molar-refractivity contribution in [1.82, 2.24) is 4.58 Å². The maximum Gasteiger partial charge on any atom is 0.212 e. The van der Waals surface area contributed by atoms with Gasteiger partial charge >= 0.3 is 0 Å². The predicted molar refractivity (Wildman–Crippen MR) is 247 cm³/mol. The number of allylic oxidation sites excluding steroid dienone is 4. The van der Waals surface area contributed by atoms with E-state index in [0.717, 1.165) is 54.6 Å². The van der Waals surface area contributed by atoms with E-state index in [1.54, 1.807) is 0 Å². The number of aryl methyl sites for hydroxylation is 2. The van der Waals surface area contributed by atoms with E-state index in [1.807, 2.05) is 0 Å². The van der Waals surface area contributed by atoms with E-state index >= 15 is 0 Å². The van der Waals surface area contributed by atoms with Crippen LogP contribution in [0.15, 0.2) is 121 Å². The Morgan fingerprint density at radius 3 is 1.16 bits per heavy atom. The Bertz CT molecular complexity index is 1790. The van der Waals surface area contributed by atoms with Crippen molar-refractivity contribution in [2.24, 2.45) is 0 Å². The first-order valence-electron chi connectivity index (χ1n) is 22.0. The van der Waals surface area contributed by atoms with Gasteiger partial charge in [-0.1, -0.05) is 101 Å². The molecule has 0 unspecified atom stereocenters. The largest absolute Gasteiger partial charge is 0.372 e. The molecule has 0 atom stereocenters. The summed E-state index contributed by atoms with van der Waals surface area (Å²) in [5.41, 5.74) is 12.0. The Kier molecular flexibility index (Phi) is 17.2. The van der Waals surface area contributed by atoms with Crippen LogP contribution in [0.5, 0.6) is 0 Å². The number of unbranched alkanes of at least 4 members (excludes halogenated alkanes) is 10. The number of benzene rings is 4. The van der Waals surface area contributed by atoms with Crippen LogP contribution in [0.25, 0.3) is 0 Å². The van der Waals surface area contributed by atoms with Crippen molar-refractivity contribution in [1.29, 1.82) is 0 Å². The molecule has 1 aliphatic rings. The van der Waals surface area contributed by atoms with Crippen molar-refractivity contribution in [2.75, 3.05) is 36.0 Å². The summed E-state index contributed by atoms with van der Waals surface area (Å²) in [7, 11) is 0. The minimum Gasteiger partial charge on any atom is -0.372 e. The molecular formula is C52H70N4+2. The van der Waals surface area contributed by atoms with Crippen molar-refractivity contribution < 1.29 is 4.58 Å². The second-order valence-electron chi connectivity index (χ2n) is 15.6. The van der Waals surface area contributed by atoms with E-state index in [4.69, 9.17) is 0 Å². The van der Waals surface area contributed by atoms with Crippen LogP contribution >= 0.6 is 0 Å². The highest BCUT2D eigenvalue weighted by Gasteiger charge is 2.23. The van der Waals surface area contributed by atoms with E-state index in [-0.39, 0.29) is 0 Å². The molecule has 5 rings (SSSR count). The molecule has 0 saturated heterocycles. The molecule has 4 nitrogen and oxygen atoms in total. The fraction of sp³-hybridized carbons (Fsp3) is 0.423. The van der Waals surface area contributed by atoms with Crippen molar-refractivity contribution in [3.63, 3.8) is 0 Å². The number of hydrogen-bond acceptors (Lipinski definition) is 2. The third-order valence-electron chi connectivity index (χ3n) is 11.2. The number of hydrogen-bond donors (Lipinski definition) is 0. The van der Waals surface area contributed by atoms with Gasteiger partial charge in [0.05, 0.1) is 0 Å². The predicted octanol–water partition coefficient (Wildman–Crippen LogP) is 14.2. The van der Waals surface area contributed by atoms with Crippen LogP contribution in [-0.4, -0.2) is 42.2 Å². The van der Waals surface area contributed by atoms with Gasteiger partial charge < -0.3 is 9.80 Å². The summed E-state index contributed by atoms with van der Waals surface area (Å²) >= 11 is 0. The lowest BCUT2D eigenvalue weighted by atomic mass is 10.1. The van der Waals surface area contributed by atoms with Crippen LogP contribution in [0, 0.1) is 13.8 Å². The zero-order valence-corrected chi connectivity index (χ0v) is 35.6. The zero-order chi connectivity index (χ0) is 39.5. The van der Waals surface area contributed by atoms with Crippen LogP contribution in [0.3, 0.4) is 0 Å². The summed E-state index contributed by atoms with van der Waals surface area (Å²) in [6.07, 6.45) is 25.3. The average Bonchev–Trinajstić information content (AvgIpc) is 3.23. The summed E-state index contributed by atoms with van der Waals surface area (Å²) in [5.74, 6) is 0. The third-order valence-corrected chi connectivity index (χ3v) is 11.2. The van der Waals surface area contributed by atoms with Gasteiger partial charge in [0, 0.05) is 97.3 Å². The molecule has 0 bridgehead atoms. The Morgan fingerprint density at radius 2 is 0.750 bits per heavy atom. The van der Waals surface area contributed by atoms with Crippen LogP contribution in [0.4, 0.5) is 34.1 Å².